The van der Waals surface area contributed by atoms with E-state index in [2.05, 4.69) is 0 Å². The van der Waals surface area contributed by atoms with E-state index in [-0.39, 0.29) is 30.2 Å². The van der Waals surface area contributed by atoms with Gasteiger partial charge in [-0.25, -0.2) is 0 Å². The SMILES string of the molecule is CC1OC(C)C(C)N(C(=O)c2ccccc2)C1C. The first kappa shape index (κ1) is 13.1. The maximum Gasteiger partial charge on any atom is 0.254 e. The Morgan fingerprint density at radius 3 is 2.00 bits per heavy atom. The molecule has 1 aromatic carbocycles. The monoisotopic (exact) mass is 247 g/mol. The standard InChI is InChI=1S/C15H21NO2/c1-10-12(3)18-13(4)11(2)16(10)15(17)14-8-6-5-7-9-14/h5-13H,1-4H3. The summed E-state index contributed by atoms with van der Waals surface area (Å²) in [5.41, 5.74) is 0.748. The van der Waals surface area contributed by atoms with Crippen LogP contribution in [0.25, 0.3) is 0 Å². The molecule has 3 heteroatoms. The summed E-state index contributed by atoms with van der Waals surface area (Å²) < 4.78 is 5.83. The second-order valence-electron chi connectivity index (χ2n) is 5.11. The largest absolute Gasteiger partial charge is 0.371 e. The van der Waals surface area contributed by atoms with Crippen LogP contribution in [0.2, 0.25) is 0 Å². The van der Waals surface area contributed by atoms with Crippen LogP contribution in [0, 0.1) is 0 Å². The Bertz CT molecular complexity index is 404. The van der Waals surface area contributed by atoms with Crippen molar-refractivity contribution in [1.82, 2.24) is 4.90 Å². The van der Waals surface area contributed by atoms with Crippen LogP contribution >= 0.6 is 0 Å². The summed E-state index contributed by atoms with van der Waals surface area (Å²) in [5, 5.41) is 0. The van der Waals surface area contributed by atoms with Gasteiger partial charge in [0.05, 0.1) is 24.3 Å². The normalized spacial score (nSPS) is 32.3. The molecule has 0 N–H and O–H groups in total. The summed E-state index contributed by atoms with van der Waals surface area (Å²) in [5.74, 6) is 0.0950. The van der Waals surface area contributed by atoms with Crippen LogP contribution in [0.4, 0.5) is 0 Å². The number of hydrogen-bond donors (Lipinski definition) is 0. The average Bonchev–Trinajstić information content (AvgIpc) is 2.37. The molecule has 0 aromatic heterocycles. The maximum atomic E-state index is 12.6. The first-order valence-corrected chi connectivity index (χ1v) is 6.55. The highest BCUT2D eigenvalue weighted by atomic mass is 16.5. The van der Waals surface area contributed by atoms with E-state index < -0.39 is 0 Å². The zero-order chi connectivity index (χ0) is 13.3. The van der Waals surface area contributed by atoms with E-state index in [1.54, 1.807) is 0 Å². The highest BCUT2D eigenvalue weighted by Gasteiger charge is 2.38. The van der Waals surface area contributed by atoms with Crippen molar-refractivity contribution in [3.05, 3.63) is 35.9 Å². The Morgan fingerprint density at radius 1 is 1.00 bits per heavy atom. The van der Waals surface area contributed by atoms with Crippen molar-refractivity contribution in [2.24, 2.45) is 0 Å². The topological polar surface area (TPSA) is 29.5 Å². The lowest BCUT2D eigenvalue weighted by Gasteiger charge is -2.46. The fourth-order valence-electron chi connectivity index (χ4n) is 2.49. The third kappa shape index (κ3) is 2.27. The maximum absolute atomic E-state index is 12.6. The first-order valence-electron chi connectivity index (χ1n) is 6.55. The van der Waals surface area contributed by atoms with Gasteiger partial charge in [0.25, 0.3) is 5.91 Å². The number of hydrogen-bond acceptors (Lipinski definition) is 2. The van der Waals surface area contributed by atoms with Gasteiger partial charge in [0.15, 0.2) is 0 Å². The molecule has 2 rings (SSSR count). The molecule has 1 saturated heterocycles. The van der Waals surface area contributed by atoms with E-state index in [1.807, 2.05) is 62.9 Å². The Hall–Kier alpha value is -1.35. The molecule has 4 atom stereocenters. The van der Waals surface area contributed by atoms with Gasteiger partial charge in [-0.05, 0) is 39.8 Å². The van der Waals surface area contributed by atoms with E-state index in [0.29, 0.717) is 0 Å². The quantitative estimate of drug-likeness (QED) is 0.763. The summed E-state index contributed by atoms with van der Waals surface area (Å²) in [4.78, 5) is 14.5. The van der Waals surface area contributed by atoms with Gasteiger partial charge in [-0.15, -0.1) is 0 Å². The zero-order valence-corrected chi connectivity index (χ0v) is 11.5. The molecule has 18 heavy (non-hydrogen) atoms. The number of carbonyl (C=O) groups excluding carboxylic acids is 1. The zero-order valence-electron chi connectivity index (χ0n) is 11.5. The van der Waals surface area contributed by atoms with E-state index in [4.69, 9.17) is 4.74 Å². The number of nitrogens with zero attached hydrogens (tertiary/aromatic N) is 1. The number of ether oxygens (including phenoxy) is 1. The highest BCUT2D eigenvalue weighted by molar-refractivity contribution is 5.94. The fraction of sp³-hybridized carbons (Fsp3) is 0.533. The summed E-state index contributed by atoms with van der Waals surface area (Å²) >= 11 is 0. The third-order valence-electron chi connectivity index (χ3n) is 3.92. The van der Waals surface area contributed by atoms with Crippen LogP contribution in [0.1, 0.15) is 38.1 Å². The molecule has 0 aliphatic carbocycles. The van der Waals surface area contributed by atoms with Gasteiger partial charge in [0.1, 0.15) is 0 Å². The molecule has 1 heterocycles. The van der Waals surface area contributed by atoms with Gasteiger partial charge in [-0.2, -0.15) is 0 Å². The van der Waals surface area contributed by atoms with Crippen LogP contribution < -0.4 is 0 Å². The van der Waals surface area contributed by atoms with E-state index >= 15 is 0 Å². The van der Waals surface area contributed by atoms with Crippen LogP contribution in [0.5, 0.6) is 0 Å². The van der Waals surface area contributed by atoms with Gasteiger partial charge in [-0.3, -0.25) is 4.79 Å². The van der Waals surface area contributed by atoms with E-state index in [1.165, 1.54) is 0 Å². The third-order valence-corrected chi connectivity index (χ3v) is 3.92. The molecule has 0 spiro atoms. The predicted octanol–water partition coefficient (Wildman–Crippen LogP) is 2.71. The first-order chi connectivity index (χ1) is 8.52. The van der Waals surface area contributed by atoms with Gasteiger partial charge in [0, 0.05) is 5.56 Å². The number of morpholine rings is 1. The number of amides is 1. The van der Waals surface area contributed by atoms with Crippen molar-refractivity contribution < 1.29 is 9.53 Å². The molecule has 98 valence electrons. The van der Waals surface area contributed by atoms with Crippen molar-refractivity contribution in [1.29, 1.82) is 0 Å². The Balaban J connectivity index is 2.27. The Morgan fingerprint density at radius 2 is 1.50 bits per heavy atom. The molecule has 3 nitrogen and oxygen atoms in total. The smallest absolute Gasteiger partial charge is 0.254 e. The predicted molar refractivity (Wildman–Crippen MR) is 71.5 cm³/mol. The van der Waals surface area contributed by atoms with Crippen LogP contribution in [-0.4, -0.2) is 35.1 Å². The summed E-state index contributed by atoms with van der Waals surface area (Å²) in [7, 11) is 0. The Kier molecular flexibility index (Phi) is 3.71. The lowest BCUT2D eigenvalue weighted by Crippen LogP contribution is -2.59. The van der Waals surface area contributed by atoms with Gasteiger partial charge < -0.3 is 9.64 Å². The number of benzene rings is 1. The minimum atomic E-state index is 0.0730. The van der Waals surface area contributed by atoms with Crippen LogP contribution in [-0.2, 0) is 4.74 Å². The minimum absolute atomic E-state index is 0.0730. The molecule has 1 aliphatic rings. The molecule has 1 fully saturated rings. The lowest BCUT2D eigenvalue weighted by atomic mass is 10.0. The van der Waals surface area contributed by atoms with Crippen molar-refractivity contribution in [3.63, 3.8) is 0 Å². The second kappa shape index (κ2) is 5.11. The van der Waals surface area contributed by atoms with E-state index in [9.17, 15) is 4.79 Å². The van der Waals surface area contributed by atoms with Crippen molar-refractivity contribution in [2.45, 2.75) is 52.0 Å². The van der Waals surface area contributed by atoms with Crippen molar-refractivity contribution >= 4 is 5.91 Å². The summed E-state index contributed by atoms with van der Waals surface area (Å²) in [6.45, 7) is 8.15. The molecular formula is C15H21NO2. The van der Waals surface area contributed by atoms with Gasteiger partial charge in [-0.1, -0.05) is 18.2 Å². The molecule has 0 saturated carbocycles. The van der Waals surface area contributed by atoms with Crippen molar-refractivity contribution in [2.75, 3.05) is 0 Å². The molecule has 1 amide bonds. The molecule has 0 radical (unpaired) electrons. The summed E-state index contributed by atoms with van der Waals surface area (Å²) in [6, 6.07) is 9.66. The van der Waals surface area contributed by atoms with Gasteiger partial charge >= 0.3 is 0 Å². The fourth-order valence-corrected chi connectivity index (χ4v) is 2.49. The van der Waals surface area contributed by atoms with Crippen LogP contribution in [0.15, 0.2) is 30.3 Å². The number of rotatable bonds is 1. The van der Waals surface area contributed by atoms with Gasteiger partial charge in [0.2, 0.25) is 0 Å². The second-order valence-corrected chi connectivity index (χ2v) is 5.11. The molecular weight excluding hydrogens is 226 g/mol. The molecule has 0 bridgehead atoms. The lowest BCUT2D eigenvalue weighted by molar-refractivity contribution is -0.114. The van der Waals surface area contributed by atoms with E-state index in [0.717, 1.165) is 5.56 Å². The molecule has 1 aromatic rings. The highest BCUT2D eigenvalue weighted by Crippen LogP contribution is 2.25. The number of carbonyl (C=O) groups is 1. The molecule has 4 unspecified atom stereocenters. The van der Waals surface area contributed by atoms with Crippen LogP contribution in [0.3, 0.4) is 0 Å². The Labute approximate surface area is 109 Å². The summed E-state index contributed by atoms with van der Waals surface area (Å²) in [6.07, 6.45) is 0.146. The minimum Gasteiger partial charge on any atom is -0.371 e. The molecule has 1 aliphatic heterocycles. The van der Waals surface area contributed by atoms with Crippen molar-refractivity contribution in [3.8, 4) is 0 Å². The average molecular weight is 247 g/mol.